The summed E-state index contributed by atoms with van der Waals surface area (Å²) in [5.41, 5.74) is 2.59. The van der Waals surface area contributed by atoms with E-state index in [0.717, 1.165) is 11.1 Å². The molecule has 1 amide bonds. The van der Waals surface area contributed by atoms with Crippen molar-refractivity contribution in [3.63, 3.8) is 0 Å². The highest BCUT2D eigenvalue weighted by Crippen LogP contribution is 2.20. The van der Waals surface area contributed by atoms with Crippen molar-refractivity contribution in [1.82, 2.24) is 0 Å². The minimum atomic E-state index is -0.449. The summed E-state index contributed by atoms with van der Waals surface area (Å²) in [6.45, 7) is 1.85. The third-order valence-electron chi connectivity index (χ3n) is 3.47. The maximum absolute atomic E-state index is 12.1. The quantitative estimate of drug-likeness (QED) is 0.675. The van der Waals surface area contributed by atoms with E-state index < -0.39 is 5.97 Å². The van der Waals surface area contributed by atoms with Crippen LogP contribution in [0.1, 0.15) is 21.5 Å². The zero-order chi connectivity index (χ0) is 17.5. The van der Waals surface area contributed by atoms with Gasteiger partial charge in [0.1, 0.15) is 5.75 Å². The highest BCUT2D eigenvalue weighted by Gasteiger charge is 2.09. The van der Waals surface area contributed by atoms with Crippen LogP contribution in [-0.2, 0) is 9.53 Å². The Labute approximate surface area is 140 Å². The molecule has 0 radical (unpaired) electrons. The van der Waals surface area contributed by atoms with Crippen LogP contribution in [0.15, 0.2) is 48.5 Å². The van der Waals surface area contributed by atoms with Crippen LogP contribution in [0.3, 0.4) is 0 Å². The fraction of sp³-hybridized carbons (Fsp3) is 0.158. The van der Waals surface area contributed by atoms with Crippen LogP contribution >= 0.6 is 0 Å². The molecule has 0 aromatic heterocycles. The Morgan fingerprint density at radius 3 is 2.54 bits per heavy atom. The number of hydrogen-bond donors (Lipinski definition) is 1. The Morgan fingerprint density at radius 2 is 1.83 bits per heavy atom. The molecule has 0 spiro atoms. The molecule has 2 rings (SSSR count). The predicted octanol–water partition coefficient (Wildman–Crippen LogP) is 3.44. The van der Waals surface area contributed by atoms with E-state index in [4.69, 9.17) is 4.74 Å². The van der Waals surface area contributed by atoms with Gasteiger partial charge in [-0.25, -0.2) is 4.79 Å². The molecular weight excluding hydrogens is 306 g/mol. The maximum atomic E-state index is 12.1. The first-order valence-corrected chi connectivity index (χ1v) is 7.36. The third-order valence-corrected chi connectivity index (χ3v) is 3.47. The van der Waals surface area contributed by atoms with Gasteiger partial charge in [0.05, 0.1) is 19.8 Å². The van der Waals surface area contributed by atoms with Crippen molar-refractivity contribution in [3.05, 3.63) is 65.2 Å². The molecular formula is C19H19NO4. The van der Waals surface area contributed by atoms with Gasteiger partial charge in [0, 0.05) is 17.3 Å². The van der Waals surface area contributed by atoms with Crippen molar-refractivity contribution in [2.24, 2.45) is 0 Å². The number of methoxy groups -OCH3 is 2. The highest BCUT2D eigenvalue weighted by atomic mass is 16.5. The molecule has 24 heavy (non-hydrogen) atoms. The summed E-state index contributed by atoms with van der Waals surface area (Å²) in [5, 5.41) is 2.76. The molecule has 0 bridgehead atoms. The molecule has 5 heteroatoms. The van der Waals surface area contributed by atoms with Crippen molar-refractivity contribution >= 4 is 23.6 Å². The van der Waals surface area contributed by atoms with Crippen LogP contribution in [0.5, 0.6) is 5.75 Å². The lowest BCUT2D eigenvalue weighted by Gasteiger charge is -2.08. The number of aryl methyl sites for hydroxylation is 1. The van der Waals surface area contributed by atoms with E-state index in [-0.39, 0.29) is 5.91 Å². The smallest absolute Gasteiger partial charge is 0.337 e. The van der Waals surface area contributed by atoms with E-state index in [1.54, 1.807) is 31.4 Å². The standard InChI is InChI=1S/C19H19NO4/c1-13-8-9-15(19(22)24-3)12-16(13)20-18(21)11-10-14-6-4-5-7-17(14)23-2/h4-12H,1-3H3,(H,20,21). The van der Waals surface area contributed by atoms with Crippen molar-refractivity contribution in [2.75, 3.05) is 19.5 Å². The van der Waals surface area contributed by atoms with E-state index in [2.05, 4.69) is 10.1 Å². The molecule has 2 aromatic carbocycles. The summed E-state index contributed by atoms with van der Waals surface area (Å²) in [7, 11) is 2.89. The van der Waals surface area contributed by atoms with Gasteiger partial charge in [0.2, 0.25) is 5.91 Å². The second-order valence-corrected chi connectivity index (χ2v) is 5.09. The van der Waals surface area contributed by atoms with Gasteiger partial charge in [-0.05, 0) is 36.8 Å². The van der Waals surface area contributed by atoms with Crippen molar-refractivity contribution in [3.8, 4) is 5.75 Å². The van der Waals surface area contributed by atoms with Crippen molar-refractivity contribution in [2.45, 2.75) is 6.92 Å². The molecule has 1 N–H and O–H groups in total. The monoisotopic (exact) mass is 325 g/mol. The first-order valence-electron chi connectivity index (χ1n) is 7.36. The zero-order valence-corrected chi connectivity index (χ0v) is 13.8. The van der Waals surface area contributed by atoms with E-state index in [1.807, 2.05) is 31.2 Å². The lowest BCUT2D eigenvalue weighted by atomic mass is 10.1. The lowest BCUT2D eigenvalue weighted by Crippen LogP contribution is -2.10. The van der Waals surface area contributed by atoms with Gasteiger partial charge in [-0.15, -0.1) is 0 Å². The van der Waals surface area contributed by atoms with Gasteiger partial charge in [0.25, 0.3) is 0 Å². The summed E-state index contributed by atoms with van der Waals surface area (Å²) in [4.78, 5) is 23.7. The summed E-state index contributed by atoms with van der Waals surface area (Å²) in [6.07, 6.45) is 3.09. The van der Waals surface area contributed by atoms with Crippen LogP contribution in [0.4, 0.5) is 5.69 Å². The number of esters is 1. The van der Waals surface area contributed by atoms with Crippen LogP contribution in [0.25, 0.3) is 6.08 Å². The number of para-hydroxylation sites is 1. The summed E-state index contributed by atoms with van der Waals surface area (Å²) in [5.74, 6) is -0.0634. The number of carbonyl (C=O) groups is 2. The molecule has 0 aliphatic carbocycles. The van der Waals surface area contributed by atoms with Crippen molar-refractivity contribution < 1.29 is 19.1 Å². The second kappa shape index (κ2) is 7.97. The molecule has 0 saturated heterocycles. The topological polar surface area (TPSA) is 64.6 Å². The maximum Gasteiger partial charge on any atom is 0.337 e. The largest absolute Gasteiger partial charge is 0.496 e. The van der Waals surface area contributed by atoms with Crippen LogP contribution in [0, 0.1) is 6.92 Å². The summed E-state index contributed by atoms with van der Waals surface area (Å²) in [6, 6.07) is 12.4. The lowest BCUT2D eigenvalue weighted by molar-refractivity contribution is -0.111. The molecule has 0 fully saturated rings. The molecule has 0 unspecified atom stereocenters. The van der Waals surface area contributed by atoms with Crippen molar-refractivity contribution in [1.29, 1.82) is 0 Å². The average molecular weight is 325 g/mol. The molecule has 2 aromatic rings. The average Bonchev–Trinajstić information content (AvgIpc) is 2.61. The summed E-state index contributed by atoms with van der Waals surface area (Å²) >= 11 is 0. The summed E-state index contributed by atoms with van der Waals surface area (Å²) < 4.78 is 9.92. The Morgan fingerprint density at radius 1 is 1.08 bits per heavy atom. The first kappa shape index (κ1) is 17.3. The Bertz CT molecular complexity index is 781. The number of rotatable bonds is 5. The Kier molecular flexibility index (Phi) is 5.73. The van der Waals surface area contributed by atoms with E-state index in [9.17, 15) is 9.59 Å². The van der Waals surface area contributed by atoms with Gasteiger partial charge in [-0.3, -0.25) is 4.79 Å². The van der Waals surface area contributed by atoms with Gasteiger partial charge in [-0.1, -0.05) is 24.3 Å². The molecule has 0 saturated carbocycles. The van der Waals surface area contributed by atoms with E-state index >= 15 is 0 Å². The number of amides is 1. The number of carbonyl (C=O) groups excluding carboxylic acids is 2. The highest BCUT2D eigenvalue weighted by molar-refractivity contribution is 6.03. The SMILES string of the molecule is COC(=O)c1ccc(C)c(NC(=O)C=Cc2ccccc2OC)c1. The molecule has 0 aliphatic rings. The normalized spacial score (nSPS) is 10.5. The van der Waals surface area contributed by atoms with E-state index in [0.29, 0.717) is 17.0 Å². The minimum Gasteiger partial charge on any atom is -0.496 e. The van der Waals surface area contributed by atoms with Crippen LogP contribution in [0.2, 0.25) is 0 Å². The minimum absolute atomic E-state index is 0.300. The van der Waals surface area contributed by atoms with E-state index in [1.165, 1.54) is 13.2 Å². The Hall–Kier alpha value is -3.08. The number of benzene rings is 2. The fourth-order valence-corrected chi connectivity index (χ4v) is 2.15. The van der Waals surface area contributed by atoms with Gasteiger partial charge >= 0.3 is 5.97 Å². The first-order chi connectivity index (χ1) is 11.5. The number of nitrogens with one attached hydrogen (secondary N) is 1. The third kappa shape index (κ3) is 4.23. The molecule has 0 aliphatic heterocycles. The van der Waals surface area contributed by atoms with Crippen LogP contribution < -0.4 is 10.1 Å². The molecule has 0 atom stereocenters. The van der Waals surface area contributed by atoms with Gasteiger partial charge in [-0.2, -0.15) is 0 Å². The second-order valence-electron chi connectivity index (χ2n) is 5.09. The number of ether oxygens (including phenoxy) is 2. The molecule has 5 nitrogen and oxygen atoms in total. The molecule has 124 valence electrons. The zero-order valence-electron chi connectivity index (χ0n) is 13.8. The van der Waals surface area contributed by atoms with Crippen LogP contribution in [-0.4, -0.2) is 26.1 Å². The number of anilines is 1. The predicted molar refractivity (Wildman–Crippen MR) is 93.2 cm³/mol. The fourth-order valence-electron chi connectivity index (χ4n) is 2.15. The van der Waals surface area contributed by atoms with Gasteiger partial charge in [0.15, 0.2) is 0 Å². The number of hydrogen-bond acceptors (Lipinski definition) is 4. The van der Waals surface area contributed by atoms with Gasteiger partial charge < -0.3 is 14.8 Å². The molecule has 0 heterocycles. The Balaban J connectivity index is 2.15.